The van der Waals surface area contributed by atoms with Crippen LogP contribution in [-0.2, 0) is 14.8 Å². The molecule has 1 aromatic heterocycles. The molecule has 0 saturated carbocycles. The van der Waals surface area contributed by atoms with Crippen LogP contribution in [-0.4, -0.2) is 26.8 Å². The number of ether oxygens (including phenoxy) is 1. The SMILES string of the molecule is COc1cc(S(=O)(=O)Nc2ccc(C)cc2)ccc1NC=C(C=O)c1nc2cc(Cl)ccc2o1. The summed E-state index contributed by atoms with van der Waals surface area (Å²) >= 11 is 5.97. The molecule has 10 heteroatoms. The van der Waals surface area contributed by atoms with E-state index in [1.807, 2.05) is 19.1 Å². The monoisotopic (exact) mass is 497 g/mol. The maximum atomic E-state index is 12.8. The molecule has 3 aromatic carbocycles. The van der Waals surface area contributed by atoms with Crippen molar-refractivity contribution in [1.82, 2.24) is 4.98 Å². The van der Waals surface area contributed by atoms with Crippen molar-refractivity contribution in [3.63, 3.8) is 0 Å². The molecule has 4 aromatic rings. The second-order valence-corrected chi connectivity index (χ2v) is 9.45. The number of carbonyl (C=O) groups excluding carboxylic acids is 1. The van der Waals surface area contributed by atoms with Crippen LogP contribution in [0.1, 0.15) is 11.5 Å². The van der Waals surface area contributed by atoms with Gasteiger partial charge in [-0.3, -0.25) is 9.52 Å². The smallest absolute Gasteiger partial charge is 0.262 e. The molecule has 0 radical (unpaired) electrons. The van der Waals surface area contributed by atoms with Crippen molar-refractivity contribution in [3.8, 4) is 5.75 Å². The standard InChI is InChI=1S/C24H20ClN3O5S/c1-15-3-6-18(7-4-15)28-34(30,31)19-8-9-20(23(12-19)32-2)26-13-16(14-29)24-27-21-11-17(25)5-10-22(21)33-24/h3-14,26,28H,1-2H3. The molecule has 0 spiro atoms. The maximum absolute atomic E-state index is 12.8. The number of allylic oxidation sites excluding steroid dienone is 1. The first-order valence-electron chi connectivity index (χ1n) is 10.0. The number of sulfonamides is 1. The van der Waals surface area contributed by atoms with Gasteiger partial charge in [0.15, 0.2) is 11.9 Å². The molecule has 2 N–H and O–H groups in total. The number of rotatable bonds is 8. The van der Waals surface area contributed by atoms with Gasteiger partial charge in [-0.15, -0.1) is 0 Å². The Hall–Kier alpha value is -3.82. The molecule has 174 valence electrons. The molecule has 0 unspecified atom stereocenters. The third-order valence-electron chi connectivity index (χ3n) is 4.89. The molecule has 34 heavy (non-hydrogen) atoms. The van der Waals surface area contributed by atoms with Gasteiger partial charge in [0.25, 0.3) is 10.0 Å². The summed E-state index contributed by atoms with van der Waals surface area (Å²) in [5.74, 6) is 0.373. The second kappa shape index (κ2) is 9.58. The minimum Gasteiger partial charge on any atom is -0.495 e. The van der Waals surface area contributed by atoms with Crippen LogP contribution in [0.5, 0.6) is 5.75 Å². The lowest BCUT2D eigenvalue weighted by Crippen LogP contribution is -2.13. The number of oxazole rings is 1. The maximum Gasteiger partial charge on any atom is 0.262 e. The summed E-state index contributed by atoms with van der Waals surface area (Å²) in [7, 11) is -2.42. The van der Waals surface area contributed by atoms with Gasteiger partial charge >= 0.3 is 0 Å². The number of benzene rings is 3. The molecule has 0 aliphatic rings. The molecule has 0 bridgehead atoms. The number of nitrogens with zero attached hydrogens (tertiary/aromatic N) is 1. The fraction of sp³-hybridized carbons (Fsp3) is 0.0833. The quantitative estimate of drug-likeness (QED) is 0.252. The van der Waals surface area contributed by atoms with Crippen molar-refractivity contribution in [1.29, 1.82) is 0 Å². The van der Waals surface area contributed by atoms with Gasteiger partial charge < -0.3 is 14.5 Å². The average Bonchev–Trinajstić information content (AvgIpc) is 3.23. The number of carbonyl (C=O) groups is 1. The van der Waals surface area contributed by atoms with E-state index in [2.05, 4.69) is 15.0 Å². The van der Waals surface area contributed by atoms with E-state index in [0.717, 1.165) is 5.56 Å². The highest BCUT2D eigenvalue weighted by molar-refractivity contribution is 7.92. The summed E-state index contributed by atoms with van der Waals surface area (Å²) < 4.78 is 39.1. The van der Waals surface area contributed by atoms with Gasteiger partial charge in [0.05, 0.1) is 23.3 Å². The number of aromatic nitrogens is 1. The van der Waals surface area contributed by atoms with Crippen LogP contribution in [0.4, 0.5) is 11.4 Å². The molecular weight excluding hydrogens is 478 g/mol. The minimum atomic E-state index is -3.84. The van der Waals surface area contributed by atoms with Gasteiger partial charge in [-0.05, 0) is 49.4 Å². The van der Waals surface area contributed by atoms with E-state index in [4.69, 9.17) is 20.8 Å². The van der Waals surface area contributed by atoms with Gasteiger partial charge in [-0.2, -0.15) is 0 Å². The van der Waals surface area contributed by atoms with Crippen molar-refractivity contribution >= 4 is 56.0 Å². The molecule has 0 atom stereocenters. The van der Waals surface area contributed by atoms with Crippen LogP contribution in [0.3, 0.4) is 0 Å². The Kier molecular flexibility index (Phi) is 6.58. The fourth-order valence-electron chi connectivity index (χ4n) is 3.12. The Morgan fingerprint density at radius 3 is 2.56 bits per heavy atom. The van der Waals surface area contributed by atoms with Gasteiger partial charge in [0, 0.05) is 23.0 Å². The fourth-order valence-corrected chi connectivity index (χ4v) is 4.36. The Balaban J connectivity index is 1.58. The first-order chi connectivity index (χ1) is 16.3. The van der Waals surface area contributed by atoms with Gasteiger partial charge in [-0.25, -0.2) is 13.4 Å². The van der Waals surface area contributed by atoms with Crippen molar-refractivity contribution in [2.24, 2.45) is 0 Å². The number of methoxy groups -OCH3 is 1. The van der Waals surface area contributed by atoms with Crippen LogP contribution in [0.2, 0.25) is 5.02 Å². The summed E-state index contributed by atoms with van der Waals surface area (Å²) in [6, 6.07) is 16.3. The first kappa shape index (κ1) is 23.3. The molecule has 0 amide bonds. The molecule has 8 nitrogen and oxygen atoms in total. The van der Waals surface area contributed by atoms with Crippen molar-refractivity contribution in [2.75, 3.05) is 17.1 Å². The molecule has 4 rings (SSSR count). The zero-order valence-electron chi connectivity index (χ0n) is 18.2. The van der Waals surface area contributed by atoms with E-state index in [1.165, 1.54) is 31.5 Å². The van der Waals surface area contributed by atoms with Gasteiger partial charge in [0.2, 0.25) is 5.89 Å². The number of aldehydes is 1. The normalized spacial score (nSPS) is 11.9. The Morgan fingerprint density at radius 2 is 1.85 bits per heavy atom. The number of aryl methyl sites for hydroxylation is 1. The highest BCUT2D eigenvalue weighted by Crippen LogP contribution is 2.30. The van der Waals surface area contributed by atoms with Crippen LogP contribution < -0.4 is 14.8 Å². The van der Waals surface area contributed by atoms with Crippen molar-refractivity contribution in [3.05, 3.63) is 83.3 Å². The van der Waals surface area contributed by atoms with Crippen molar-refractivity contribution < 1.29 is 22.4 Å². The molecule has 0 fully saturated rings. The molecule has 0 aliphatic heterocycles. The Morgan fingerprint density at radius 1 is 1.09 bits per heavy atom. The third-order valence-corrected chi connectivity index (χ3v) is 6.51. The highest BCUT2D eigenvalue weighted by Gasteiger charge is 2.17. The molecule has 0 saturated heterocycles. The zero-order valence-corrected chi connectivity index (χ0v) is 19.8. The summed E-state index contributed by atoms with van der Waals surface area (Å²) in [4.78, 5) is 16.0. The second-order valence-electron chi connectivity index (χ2n) is 7.33. The molecule has 1 heterocycles. The Bertz CT molecular complexity index is 1500. The van der Waals surface area contributed by atoms with Crippen LogP contribution in [0.25, 0.3) is 16.7 Å². The lowest BCUT2D eigenvalue weighted by molar-refractivity contribution is -0.103. The van der Waals surface area contributed by atoms with Crippen LogP contribution in [0.15, 0.2) is 76.2 Å². The Labute approximate surface area is 201 Å². The van der Waals surface area contributed by atoms with E-state index < -0.39 is 10.0 Å². The lowest BCUT2D eigenvalue weighted by Gasteiger charge is -2.12. The minimum absolute atomic E-state index is 0.0193. The van der Waals surface area contributed by atoms with E-state index in [-0.39, 0.29) is 22.1 Å². The van der Waals surface area contributed by atoms with E-state index in [0.29, 0.717) is 33.8 Å². The summed E-state index contributed by atoms with van der Waals surface area (Å²) in [6.07, 6.45) is 1.99. The number of hydrogen-bond acceptors (Lipinski definition) is 7. The predicted octanol–water partition coefficient (Wildman–Crippen LogP) is 5.25. The summed E-state index contributed by atoms with van der Waals surface area (Å²) in [5, 5.41) is 3.44. The molecule has 0 aliphatic carbocycles. The zero-order chi connectivity index (χ0) is 24.3. The van der Waals surface area contributed by atoms with E-state index >= 15 is 0 Å². The predicted molar refractivity (Wildman–Crippen MR) is 132 cm³/mol. The average molecular weight is 498 g/mol. The van der Waals surface area contributed by atoms with E-state index in [1.54, 1.807) is 30.3 Å². The summed E-state index contributed by atoms with van der Waals surface area (Å²) in [5.41, 5.74) is 3.06. The number of nitrogens with one attached hydrogen (secondary N) is 2. The van der Waals surface area contributed by atoms with Gasteiger partial charge in [0.1, 0.15) is 11.3 Å². The largest absolute Gasteiger partial charge is 0.495 e. The highest BCUT2D eigenvalue weighted by atomic mass is 35.5. The van der Waals surface area contributed by atoms with Gasteiger partial charge in [-0.1, -0.05) is 29.3 Å². The van der Waals surface area contributed by atoms with Crippen LogP contribution in [0, 0.1) is 6.92 Å². The van der Waals surface area contributed by atoms with Crippen molar-refractivity contribution in [2.45, 2.75) is 11.8 Å². The first-order valence-corrected chi connectivity index (χ1v) is 11.9. The van der Waals surface area contributed by atoms with Crippen LogP contribution >= 0.6 is 11.6 Å². The van der Waals surface area contributed by atoms with E-state index in [9.17, 15) is 13.2 Å². The third kappa shape index (κ3) is 5.05. The molecular formula is C24H20ClN3O5S. The number of halogens is 1. The lowest BCUT2D eigenvalue weighted by atomic mass is 10.2. The summed E-state index contributed by atoms with van der Waals surface area (Å²) in [6.45, 7) is 1.92. The number of fused-ring (bicyclic) bond motifs is 1. The number of anilines is 2. The topological polar surface area (TPSA) is 111 Å². The number of hydrogen-bond donors (Lipinski definition) is 2.